The van der Waals surface area contributed by atoms with E-state index in [2.05, 4.69) is 30.7 Å². The van der Waals surface area contributed by atoms with Crippen LogP contribution in [0.5, 0.6) is 0 Å². The van der Waals surface area contributed by atoms with E-state index >= 15 is 0 Å². The zero-order valence-corrected chi connectivity index (χ0v) is 14.3. The van der Waals surface area contributed by atoms with Crippen LogP contribution >= 0.6 is 11.3 Å². The molecule has 0 spiro atoms. The van der Waals surface area contributed by atoms with Crippen molar-refractivity contribution >= 4 is 17.2 Å². The number of carbonyl (C=O) groups excluding carboxylic acids is 1. The van der Waals surface area contributed by atoms with E-state index in [4.69, 9.17) is 0 Å². The third-order valence-corrected chi connectivity index (χ3v) is 5.44. The molecule has 114 valence electrons. The van der Waals surface area contributed by atoms with Gasteiger partial charge in [-0.15, -0.1) is 11.3 Å². The number of carbonyl (C=O) groups is 1. The van der Waals surface area contributed by atoms with Crippen LogP contribution in [-0.4, -0.2) is 27.8 Å². The fourth-order valence-corrected chi connectivity index (χ4v) is 3.46. The van der Waals surface area contributed by atoms with E-state index < -0.39 is 0 Å². The lowest BCUT2D eigenvalue weighted by atomic mass is 10.1. The normalized spacial score (nSPS) is 12.7. The molecule has 0 radical (unpaired) electrons. The summed E-state index contributed by atoms with van der Waals surface area (Å²) >= 11 is 1.71. The minimum Gasteiger partial charge on any atom is -0.365 e. The molecule has 2 heterocycles. The van der Waals surface area contributed by atoms with Crippen molar-refractivity contribution in [3.63, 3.8) is 0 Å². The molecule has 0 unspecified atom stereocenters. The molecule has 0 aromatic carbocycles. The number of aryl methyl sites for hydroxylation is 2. The van der Waals surface area contributed by atoms with Gasteiger partial charge in [-0.25, -0.2) is 4.98 Å². The lowest BCUT2D eigenvalue weighted by Crippen LogP contribution is -2.29. The number of rotatable bonds is 4. The van der Waals surface area contributed by atoms with Gasteiger partial charge in [0.05, 0.1) is 22.3 Å². The molecule has 0 fully saturated rings. The van der Waals surface area contributed by atoms with Crippen LogP contribution in [0.3, 0.4) is 0 Å². The summed E-state index contributed by atoms with van der Waals surface area (Å²) in [4.78, 5) is 23.2. The Kier molecular flexibility index (Phi) is 4.52. The van der Waals surface area contributed by atoms with Crippen LogP contribution in [0.2, 0.25) is 0 Å². The number of aromatic nitrogens is 2. The minimum atomic E-state index is 0.0248. The van der Waals surface area contributed by atoms with Crippen molar-refractivity contribution in [2.24, 2.45) is 0 Å². The van der Waals surface area contributed by atoms with Crippen LogP contribution in [0.1, 0.15) is 64.4 Å². The summed E-state index contributed by atoms with van der Waals surface area (Å²) in [6.45, 7) is 10.3. The summed E-state index contributed by atoms with van der Waals surface area (Å²) in [6, 6.07) is 1.86. The Labute approximate surface area is 130 Å². The average Bonchev–Trinajstić information content (AvgIpc) is 3.02. The SMILES string of the molecule is Cc1nc(C(C)C)sc1[C@@H](C)N(C)C(=O)c1cc[nH]c1C. The summed E-state index contributed by atoms with van der Waals surface area (Å²) in [6.07, 6.45) is 1.80. The van der Waals surface area contributed by atoms with Gasteiger partial charge in [-0.3, -0.25) is 4.79 Å². The quantitative estimate of drug-likeness (QED) is 0.926. The topological polar surface area (TPSA) is 49.0 Å². The standard InChI is InChI=1S/C16H23N3OS/c1-9(2)15-18-11(4)14(21-15)12(5)19(6)16(20)13-7-8-17-10(13)3/h7-9,12,17H,1-6H3/t12-/m1/s1. The van der Waals surface area contributed by atoms with Gasteiger partial charge < -0.3 is 9.88 Å². The van der Waals surface area contributed by atoms with Crippen molar-refractivity contribution in [2.75, 3.05) is 7.05 Å². The Morgan fingerprint density at radius 3 is 2.48 bits per heavy atom. The van der Waals surface area contributed by atoms with Crippen molar-refractivity contribution in [3.05, 3.63) is 39.1 Å². The molecule has 0 aliphatic rings. The van der Waals surface area contributed by atoms with Gasteiger partial charge in [0.2, 0.25) is 0 Å². The summed E-state index contributed by atoms with van der Waals surface area (Å²) in [5.74, 6) is 0.461. The Bertz CT molecular complexity index is 642. The maximum atomic E-state index is 12.6. The molecule has 2 rings (SSSR count). The number of hydrogen-bond donors (Lipinski definition) is 1. The maximum absolute atomic E-state index is 12.6. The van der Waals surface area contributed by atoms with Crippen LogP contribution in [0.25, 0.3) is 0 Å². The molecule has 0 aliphatic heterocycles. The minimum absolute atomic E-state index is 0.0248. The second-order valence-corrected chi connectivity index (χ2v) is 6.83. The Balaban J connectivity index is 2.25. The zero-order valence-electron chi connectivity index (χ0n) is 13.5. The van der Waals surface area contributed by atoms with Gasteiger partial charge in [0.1, 0.15) is 0 Å². The highest BCUT2D eigenvalue weighted by Gasteiger charge is 2.24. The number of aromatic amines is 1. The average molecular weight is 305 g/mol. The van der Waals surface area contributed by atoms with E-state index in [1.165, 1.54) is 4.88 Å². The Morgan fingerprint density at radius 2 is 2.00 bits per heavy atom. The first-order chi connectivity index (χ1) is 9.82. The fraction of sp³-hybridized carbons (Fsp3) is 0.500. The van der Waals surface area contributed by atoms with E-state index in [0.29, 0.717) is 5.92 Å². The van der Waals surface area contributed by atoms with Gasteiger partial charge in [0.15, 0.2) is 0 Å². The maximum Gasteiger partial charge on any atom is 0.255 e. The molecule has 2 aromatic heterocycles. The second kappa shape index (κ2) is 6.02. The summed E-state index contributed by atoms with van der Waals surface area (Å²) < 4.78 is 0. The van der Waals surface area contributed by atoms with Gasteiger partial charge in [-0.2, -0.15) is 0 Å². The van der Waals surface area contributed by atoms with Gasteiger partial charge in [-0.1, -0.05) is 13.8 Å². The molecule has 0 aliphatic carbocycles. The molecular weight excluding hydrogens is 282 g/mol. The van der Waals surface area contributed by atoms with Gasteiger partial charge in [0, 0.05) is 29.7 Å². The molecule has 5 heteroatoms. The molecule has 2 aromatic rings. The third kappa shape index (κ3) is 3.02. The number of hydrogen-bond acceptors (Lipinski definition) is 3. The van der Waals surface area contributed by atoms with Crippen LogP contribution in [0.4, 0.5) is 0 Å². The first-order valence-electron chi connectivity index (χ1n) is 7.21. The molecule has 21 heavy (non-hydrogen) atoms. The number of nitrogens with zero attached hydrogens (tertiary/aromatic N) is 2. The highest BCUT2D eigenvalue weighted by molar-refractivity contribution is 7.11. The third-order valence-electron chi connectivity index (χ3n) is 3.81. The molecule has 1 N–H and O–H groups in total. The van der Waals surface area contributed by atoms with E-state index in [-0.39, 0.29) is 11.9 Å². The molecule has 0 saturated heterocycles. The van der Waals surface area contributed by atoms with Crippen LogP contribution < -0.4 is 0 Å². The van der Waals surface area contributed by atoms with Gasteiger partial charge >= 0.3 is 0 Å². The molecule has 0 saturated carbocycles. The molecule has 1 atom stereocenters. The molecule has 0 bridgehead atoms. The van der Waals surface area contributed by atoms with E-state index in [1.807, 2.05) is 27.0 Å². The van der Waals surface area contributed by atoms with Crippen molar-refractivity contribution in [1.29, 1.82) is 0 Å². The predicted octanol–water partition coefficient (Wildman–Crippen LogP) is 4.04. The summed E-state index contributed by atoms with van der Waals surface area (Å²) in [5.41, 5.74) is 2.67. The van der Waals surface area contributed by atoms with Gasteiger partial charge in [0.25, 0.3) is 5.91 Å². The Morgan fingerprint density at radius 1 is 1.33 bits per heavy atom. The van der Waals surface area contributed by atoms with Gasteiger partial charge in [-0.05, 0) is 26.8 Å². The highest BCUT2D eigenvalue weighted by atomic mass is 32.1. The van der Waals surface area contributed by atoms with E-state index in [9.17, 15) is 4.79 Å². The Hall–Kier alpha value is -1.62. The number of amides is 1. The van der Waals surface area contributed by atoms with E-state index in [0.717, 1.165) is 22.0 Å². The highest BCUT2D eigenvalue weighted by Crippen LogP contribution is 2.32. The second-order valence-electron chi connectivity index (χ2n) is 5.76. The lowest BCUT2D eigenvalue weighted by Gasteiger charge is -2.24. The predicted molar refractivity (Wildman–Crippen MR) is 87.0 cm³/mol. The molecule has 1 amide bonds. The summed E-state index contributed by atoms with van der Waals surface area (Å²) in [7, 11) is 1.85. The number of nitrogens with one attached hydrogen (secondary N) is 1. The van der Waals surface area contributed by atoms with Crippen molar-refractivity contribution in [2.45, 2.75) is 46.6 Å². The monoisotopic (exact) mass is 305 g/mol. The first kappa shape index (κ1) is 15.8. The molecule has 4 nitrogen and oxygen atoms in total. The zero-order chi connectivity index (χ0) is 15.7. The van der Waals surface area contributed by atoms with Crippen molar-refractivity contribution in [1.82, 2.24) is 14.9 Å². The number of thiazole rings is 1. The van der Waals surface area contributed by atoms with Crippen LogP contribution in [0.15, 0.2) is 12.3 Å². The van der Waals surface area contributed by atoms with E-state index in [1.54, 1.807) is 22.4 Å². The smallest absolute Gasteiger partial charge is 0.255 e. The van der Waals surface area contributed by atoms with Crippen molar-refractivity contribution in [3.8, 4) is 0 Å². The van der Waals surface area contributed by atoms with Crippen molar-refractivity contribution < 1.29 is 4.79 Å². The molecular formula is C16H23N3OS. The fourth-order valence-electron chi connectivity index (χ4n) is 2.29. The van der Waals surface area contributed by atoms with Crippen LogP contribution in [-0.2, 0) is 0 Å². The number of H-pyrrole nitrogens is 1. The first-order valence-corrected chi connectivity index (χ1v) is 8.03. The summed E-state index contributed by atoms with van der Waals surface area (Å²) in [5, 5.41) is 1.13. The lowest BCUT2D eigenvalue weighted by molar-refractivity contribution is 0.0744. The largest absolute Gasteiger partial charge is 0.365 e. The van der Waals surface area contributed by atoms with Crippen LogP contribution in [0, 0.1) is 13.8 Å².